The second kappa shape index (κ2) is 6.37. The lowest BCUT2D eigenvalue weighted by atomic mass is 9.99. The van der Waals surface area contributed by atoms with E-state index in [1.807, 2.05) is 0 Å². The van der Waals surface area contributed by atoms with E-state index in [9.17, 15) is 29.5 Å². The molecule has 0 saturated heterocycles. The smallest absolute Gasteiger partial charge is 0.342 e. The summed E-state index contributed by atoms with van der Waals surface area (Å²) < 4.78 is 13.7. The van der Waals surface area contributed by atoms with Gasteiger partial charge in [0, 0.05) is 18.2 Å². The molecule has 2 atom stereocenters. The van der Waals surface area contributed by atoms with E-state index < -0.39 is 52.3 Å². The zero-order valence-electron chi connectivity index (χ0n) is 10.1. The zero-order valence-corrected chi connectivity index (χ0v) is 10.1. The van der Waals surface area contributed by atoms with Crippen molar-refractivity contribution < 1.29 is 34.5 Å². The van der Waals surface area contributed by atoms with Crippen LogP contribution in [0.1, 0.15) is 28.4 Å². The van der Waals surface area contributed by atoms with Crippen molar-refractivity contribution in [2.24, 2.45) is 0 Å². The second-order valence-electron chi connectivity index (χ2n) is 3.98. The van der Waals surface area contributed by atoms with E-state index in [2.05, 4.69) is 0 Å². The summed E-state index contributed by atoms with van der Waals surface area (Å²) in [7, 11) is 0. The van der Waals surface area contributed by atoms with Crippen molar-refractivity contribution in [3.05, 3.63) is 39.2 Å². The molecule has 2 unspecified atom stereocenters. The number of halogens is 1. The summed E-state index contributed by atoms with van der Waals surface area (Å²) in [5, 5.41) is 47.2. The van der Waals surface area contributed by atoms with Gasteiger partial charge in [0.2, 0.25) is 0 Å². The molecule has 9 heteroatoms. The summed E-state index contributed by atoms with van der Waals surface area (Å²) in [5.74, 6) is -2.88. The molecule has 0 saturated carbocycles. The Hall–Kier alpha value is -2.10. The van der Waals surface area contributed by atoms with Gasteiger partial charge in [0.05, 0.1) is 11.0 Å². The fourth-order valence-corrected chi connectivity index (χ4v) is 1.62. The highest BCUT2D eigenvalue weighted by Gasteiger charge is 2.28. The fourth-order valence-electron chi connectivity index (χ4n) is 1.62. The number of nitro groups is 1. The molecule has 0 radical (unpaired) electrons. The van der Waals surface area contributed by atoms with E-state index in [1.54, 1.807) is 0 Å². The van der Waals surface area contributed by atoms with Crippen molar-refractivity contribution in [2.75, 3.05) is 6.61 Å². The van der Waals surface area contributed by atoms with Crippen LogP contribution in [0.2, 0.25) is 0 Å². The molecule has 0 heterocycles. The average Bonchev–Trinajstić information content (AvgIpc) is 2.37. The third-order valence-electron chi connectivity index (χ3n) is 2.65. The minimum atomic E-state index is -1.82. The van der Waals surface area contributed by atoms with Crippen molar-refractivity contribution in [3.63, 3.8) is 0 Å². The van der Waals surface area contributed by atoms with E-state index in [1.165, 1.54) is 0 Å². The first-order valence-corrected chi connectivity index (χ1v) is 5.47. The third-order valence-corrected chi connectivity index (χ3v) is 2.65. The molecule has 1 aromatic carbocycles. The molecule has 0 bridgehead atoms. The molecular weight excluding hydrogens is 277 g/mol. The largest absolute Gasteiger partial charge is 0.477 e. The molecule has 0 aliphatic rings. The topological polar surface area (TPSA) is 141 Å². The maximum atomic E-state index is 13.7. The Morgan fingerprint density at radius 2 is 2.00 bits per heavy atom. The Balaban J connectivity index is 3.32. The van der Waals surface area contributed by atoms with E-state index in [0.717, 1.165) is 0 Å². The monoisotopic (exact) mass is 289 g/mol. The van der Waals surface area contributed by atoms with Gasteiger partial charge in [-0.15, -0.1) is 0 Å². The number of carbonyl (C=O) groups is 1. The number of aliphatic hydroxyl groups excluding tert-OH is 3. The molecular formula is C11H12FNO7. The fraction of sp³-hybridized carbons (Fsp3) is 0.364. The summed E-state index contributed by atoms with van der Waals surface area (Å²) >= 11 is 0. The number of aliphatic hydroxyl groups is 3. The van der Waals surface area contributed by atoms with Gasteiger partial charge in [-0.2, -0.15) is 0 Å². The maximum absolute atomic E-state index is 13.7. The Morgan fingerprint density at radius 1 is 1.40 bits per heavy atom. The first kappa shape index (κ1) is 16.0. The summed E-state index contributed by atoms with van der Waals surface area (Å²) in [6, 6.07) is 0.967. The summed E-state index contributed by atoms with van der Waals surface area (Å²) in [6.07, 6.45) is -3.62. The van der Waals surface area contributed by atoms with Crippen LogP contribution in [0.25, 0.3) is 0 Å². The van der Waals surface area contributed by atoms with Gasteiger partial charge in [0.1, 0.15) is 17.5 Å². The number of carboxylic acids is 1. The highest BCUT2D eigenvalue weighted by molar-refractivity contribution is 5.92. The van der Waals surface area contributed by atoms with E-state index in [0.29, 0.717) is 12.1 Å². The molecule has 0 aliphatic heterocycles. The first-order valence-electron chi connectivity index (χ1n) is 5.47. The van der Waals surface area contributed by atoms with Gasteiger partial charge in [0.25, 0.3) is 5.69 Å². The number of aromatic carboxylic acids is 1. The van der Waals surface area contributed by atoms with Crippen LogP contribution in [0, 0.1) is 15.9 Å². The van der Waals surface area contributed by atoms with Crippen molar-refractivity contribution in [2.45, 2.75) is 18.6 Å². The summed E-state index contributed by atoms with van der Waals surface area (Å²) in [5.41, 5.74) is -2.37. The minimum absolute atomic E-state index is 0.269. The van der Waals surface area contributed by atoms with Gasteiger partial charge in [-0.25, -0.2) is 9.18 Å². The van der Waals surface area contributed by atoms with Gasteiger partial charge in [-0.3, -0.25) is 10.1 Å². The number of nitro benzene ring substituents is 1. The summed E-state index contributed by atoms with van der Waals surface area (Å²) in [6.45, 7) is -0.477. The van der Waals surface area contributed by atoms with Gasteiger partial charge < -0.3 is 20.4 Å². The Labute approximate surface area is 111 Å². The van der Waals surface area contributed by atoms with Gasteiger partial charge in [0.15, 0.2) is 0 Å². The number of carboxylic acid groups (broad SMARTS) is 1. The number of hydrogen-bond donors (Lipinski definition) is 4. The number of rotatable bonds is 6. The van der Waals surface area contributed by atoms with Crippen molar-refractivity contribution >= 4 is 11.7 Å². The number of nitrogens with zero attached hydrogens (tertiary/aromatic N) is 1. The van der Waals surface area contributed by atoms with Crippen LogP contribution in [0.15, 0.2) is 12.1 Å². The Bertz CT molecular complexity index is 534. The van der Waals surface area contributed by atoms with Crippen LogP contribution >= 0.6 is 0 Å². The molecule has 0 aromatic heterocycles. The SMILES string of the molecule is O=C(O)c1cc(F)c(C(O)C(O)CCO)cc1[N+](=O)[O-]. The molecule has 0 fully saturated rings. The van der Waals surface area contributed by atoms with Crippen LogP contribution < -0.4 is 0 Å². The van der Waals surface area contributed by atoms with Gasteiger partial charge in [-0.1, -0.05) is 0 Å². The van der Waals surface area contributed by atoms with Crippen molar-refractivity contribution in [1.82, 2.24) is 0 Å². The van der Waals surface area contributed by atoms with Crippen LogP contribution in [0.3, 0.4) is 0 Å². The number of hydrogen-bond acceptors (Lipinski definition) is 6. The zero-order chi connectivity index (χ0) is 15.4. The lowest BCUT2D eigenvalue weighted by Crippen LogP contribution is -2.21. The molecule has 110 valence electrons. The normalized spacial score (nSPS) is 13.8. The second-order valence-corrected chi connectivity index (χ2v) is 3.98. The highest BCUT2D eigenvalue weighted by Crippen LogP contribution is 2.29. The van der Waals surface area contributed by atoms with E-state index >= 15 is 0 Å². The first-order chi connectivity index (χ1) is 9.29. The molecule has 20 heavy (non-hydrogen) atoms. The Morgan fingerprint density at radius 3 is 2.45 bits per heavy atom. The molecule has 0 spiro atoms. The third kappa shape index (κ3) is 3.26. The average molecular weight is 289 g/mol. The van der Waals surface area contributed by atoms with Crippen molar-refractivity contribution in [1.29, 1.82) is 0 Å². The molecule has 4 N–H and O–H groups in total. The van der Waals surface area contributed by atoms with E-state index in [-0.39, 0.29) is 6.42 Å². The van der Waals surface area contributed by atoms with Crippen LogP contribution in [-0.2, 0) is 0 Å². The quantitative estimate of drug-likeness (QED) is 0.433. The molecule has 0 aliphatic carbocycles. The van der Waals surface area contributed by atoms with Crippen LogP contribution in [0.4, 0.5) is 10.1 Å². The van der Waals surface area contributed by atoms with E-state index in [4.69, 9.17) is 10.2 Å². The lowest BCUT2D eigenvalue weighted by molar-refractivity contribution is -0.385. The predicted octanol–water partition coefficient (Wildman–Crippen LogP) is 0.209. The van der Waals surface area contributed by atoms with Crippen LogP contribution in [0.5, 0.6) is 0 Å². The molecule has 8 nitrogen and oxygen atoms in total. The summed E-state index contributed by atoms with van der Waals surface area (Å²) in [4.78, 5) is 20.5. The Kier molecular flexibility index (Phi) is 5.08. The molecule has 0 amide bonds. The van der Waals surface area contributed by atoms with Gasteiger partial charge >= 0.3 is 5.97 Å². The standard InChI is InChI=1S/C11H12FNO7/c12-7-3-6(11(17)18)8(13(19)20)4-5(7)10(16)9(15)1-2-14/h3-4,9-10,14-16H,1-2H2,(H,17,18). The van der Waals surface area contributed by atoms with Crippen molar-refractivity contribution in [3.8, 4) is 0 Å². The maximum Gasteiger partial charge on any atom is 0.342 e. The molecule has 1 rings (SSSR count). The van der Waals surface area contributed by atoms with Crippen LogP contribution in [-0.4, -0.2) is 44.0 Å². The minimum Gasteiger partial charge on any atom is -0.477 e. The lowest BCUT2D eigenvalue weighted by Gasteiger charge is -2.18. The highest BCUT2D eigenvalue weighted by atomic mass is 19.1. The molecule has 1 aromatic rings. The van der Waals surface area contributed by atoms with Gasteiger partial charge in [-0.05, 0) is 12.5 Å². The predicted molar refractivity (Wildman–Crippen MR) is 62.7 cm³/mol. The number of benzene rings is 1.